The number of nitrogens with zero attached hydrogens (tertiary/aromatic N) is 1. The Kier molecular flexibility index (Phi) is 3.75. The van der Waals surface area contributed by atoms with Gasteiger partial charge in [0.25, 0.3) is 0 Å². The van der Waals surface area contributed by atoms with Crippen molar-refractivity contribution in [3.8, 4) is 0 Å². The fourth-order valence-electron chi connectivity index (χ4n) is 1.72. The molecule has 1 aliphatic heterocycles. The van der Waals surface area contributed by atoms with Gasteiger partial charge in [-0.05, 0) is 12.5 Å². The van der Waals surface area contributed by atoms with Crippen molar-refractivity contribution in [2.45, 2.75) is 25.9 Å². The van der Waals surface area contributed by atoms with Gasteiger partial charge in [-0.25, -0.2) is 4.79 Å². The van der Waals surface area contributed by atoms with Gasteiger partial charge in [-0.3, -0.25) is 0 Å². The van der Waals surface area contributed by atoms with Gasteiger partial charge in [0.1, 0.15) is 0 Å². The summed E-state index contributed by atoms with van der Waals surface area (Å²) in [5, 5.41) is 3.93. The SMILES string of the molecule is CCOC(=O)C1CC(Cc2ccccc2)=NO1. The van der Waals surface area contributed by atoms with Crippen molar-refractivity contribution >= 4 is 11.7 Å². The molecule has 4 heteroatoms. The van der Waals surface area contributed by atoms with Crippen LogP contribution in [0, 0.1) is 0 Å². The van der Waals surface area contributed by atoms with Gasteiger partial charge in [0.15, 0.2) is 0 Å². The molecule has 0 bridgehead atoms. The van der Waals surface area contributed by atoms with E-state index in [9.17, 15) is 4.79 Å². The Labute approximate surface area is 100 Å². The predicted octanol–water partition coefficient (Wildman–Crippen LogP) is 1.94. The van der Waals surface area contributed by atoms with Crippen molar-refractivity contribution < 1.29 is 14.4 Å². The van der Waals surface area contributed by atoms with Crippen molar-refractivity contribution in [3.05, 3.63) is 35.9 Å². The van der Waals surface area contributed by atoms with Crippen LogP contribution in [-0.2, 0) is 20.8 Å². The van der Waals surface area contributed by atoms with Crippen molar-refractivity contribution in [1.29, 1.82) is 0 Å². The highest BCUT2D eigenvalue weighted by atomic mass is 16.7. The van der Waals surface area contributed by atoms with Gasteiger partial charge < -0.3 is 9.57 Å². The molecule has 0 spiro atoms. The summed E-state index contributed by atoms with van der Waals surface area (Å²) >= 11 is 0. The minimum atomic E-state index is -0.561. The minimum Gasteiger partial charge on any atom is -0.463 e. The van der Waals surface area contributed by atoms with Gasteiger partial charge in [0.2, 0.25) is 6.10 Å². The molecule has 90 valence electrons. The number of ether oxygens (including phenoxy) is 1. The Morgan fingerprint density at radius 2 is 2.24 bits per heavy atom. The van der Waals surface area contributed by atoms with Crippen LogP contribution in [0.25, 0.3) is 0 Å². The summed E-state index contributed by atoms with van der Waals surface area (Å²) in [7, 11) is 0. The number of hydrogen-bond donors (Lipinski definition) is 0. The highest BCUT2D eigenvalue weighted by Gasteiger charge is 2.29. The number of oxime groups is 1. The van der Waals surface area contributed by atoms with Crippen LogP contribution in [0.4, 0.5) is 0 Å². The zero-order valence-corrected chi connectivity index (χ0v) is 9.76. The second-order valence-electron chi connectivity index (χ2n) is 3.87. The summed E-state index contributed by atoms with van der Waals surface area (Å²) in [6.07, 6.45) is 0.679. The van der Waals surface area contributed by atoms with Gasteiger partial charge in [0.05, 0.1) is 12.3 Å². The number of hydrogen-bond acceptors (Lipinski definition) is 4. The van der Waals surface area contributed by atoms with Crippen LogP contribution >= 0.6 is 0 Å². The standard InChI is InChI=1S/C13H15NO3/c1-2-16-13(15)12-9-11(14-17-12)8-10-6-4-3-5-7-10/h3-7,12H,2,8-9H2,1H3. The van der Waals surface area contributed by atoms with Crippen LogP contribution in [-0.4, -0.2) is 24.4 Å². The van der Waals surface area contributed by atoms with Gasteiger partial charge in [-0.15, -0.1) is 0 Å². The van der Waals surface area contributed by atoms with Gasteiger partial charge in [0, 0.05) is 12.8 Å². The normalized spacial score (nSPS) is 18.4. The molecule has 4 nitrogen and oxygen atoms in total. The Hall–Kier alpha value is -1.84. The molecule has 1 atom stereocenters. The number of rotatable bonds is 4. The second-order valence-corrected chi connectivity index (χ2v) is 3.87. The topological polar surface area (TPSA) is 47.9 Å². The lowest BCUT2D eigenvalue weighted by Crippen LogP contribution is -2.23. The molecule has 1 unspecified atom stereocenters. The molecule has 0 saturated heterocycles. The lowest BCUT2D eigenvalue weighted by molar-refractivity contribution is -0.154. The van der Waals surface area contributed by atoms with Crippen molar-refractivity contribution in [2.75, 3.05) is 6.61 Å². The molecule has 0 radical (unpaired) electrons. The average Bonchev–Trinajstić information content (AvgIpc) is 2.79. The highest BCUT2D eigenvalue weighted by molar-refractivity contribution is 5.92. The van der Waals surface area contributed by atoms with Gasteiger partial charge >= 0.3 is 5.97 Å². The highest BCUT2D eigenvalue weighted by Crippen LogP contribution is 2.15. The molecule has 1 aromatic rings. The van der Waals surface area contributed by atoms with Crippen molar-refractivity contribution in [2.24, 2.45) is 5.16 Å². The maximum atomic E-state index is 11.4. The Balaban J connectivity index is 1.88. The second kappa shape index (κ2) is 5.48. The summed E-state index contributed by atoms with van der Waals surface area (Å²) in [5.41, 5.74) is 2.05. The van der Waals surface area contributed by atoms with E-state index >= 15 is 0 Å². The lowest BCUT2D eigenvalue weighted by Gasteiger charge is -2.06. The molecule has 1 aliphatic rings. The third kappa shape index (κ3) is 3.06. The van der Waals surface area contributed by atoms with Crippen molar-refractivity contribution in [3.63, 3.8) is 0 Å². The van der Waals surface area contributed by atoms with E-state index in [2.05, 4.69) is 5.16 Å². The molecule has 2 rings (SSSR count). The maximum absolute atomic E-state index is 11.4. The van der Waals surface area contributed by atoms with E-state index in [1.165, 1.54) is 5.56 Å². The first-order valence-electron chi connectivity index (χ1n) is 5.71. The zero-order chi connectivity index (χ0) is 12.1. The predicted molar refractivity (Wildman–Crippen MR) is 63.7 cm³/mol. The number of carbonyl (C=O) groups excluding carboxylic acids is 1. The van der Waals surface area contributed by atoms with Crippen LogP contribution in [0.15, 0.2) is 35.5 Å². The van der Waals surface area contributed by atoms with Crippen LogP contribution in [0.5, 0.6) is 0 Å². The molecule has 0 N–H and O–H groups in total. The maximum Gasteiger partial charge on any atom is 0.350 e. The first kappa shape index (κ1) is 11.6. The van der Waals surface area contributed by atoms with Crippen LogP contribution in [0.2, 0.25) is 0 Å². The Bertz CT molecular complexity index is 414. The fourth-order valence-corrected chi connectivity index (χ4v) is 1.72. The molecule has 0 amide bonds. The largest absolute Gasteiger partial charge is 0.463 e. The van der Waals surface area contributed by atoms with Crippen LogP contribution in [0.3, 0.4) is 0 Å². The molecule has 0 saturated carbocycles. The third-order valence-electron chi connectivity index (χ3n) is 2.53. The number of carbonyl (C=O) groups is 1. The van der Waals surface area contributed by atoms with Gasteiger partial charge in [-0.1, -0.05) is 35.5 Å². The first-order chi connectivity index (χ1) is 8.29. The molecular weight excluding hydrogens is 218 g/mol. The molecule has 0 aliphatic carbocycles. The minimum absolute atomic E-state index is 0.334. The summed E-state index contributed by atoms with van der Waals surface area (Å²) in [6.45, 7) is 2.14. The third-order valence-corrected chi connectivity index (χ3v) is 2.53. The van der Waals surface area contributed by atoms with E-state index in [1.807, 2.05) is 30.3 Å². The van der Waals surface area contributed by atoms with E-state index in [4.69, 9.17) is 9.57 Å². The average molecular weight is 233 g/mol. The Morgan fingerprint density at radius 3 is 2.94 bits per heavy atom. The van der Waals surface area contributed by atoms with E-state index in [1.54, 1.807) is 6.92 Å². The Morgan fingerprint density at radius 1 is 1.47 bits per heavy atom. The molecule has 0 aromatic heterocycles. The number of esters is 1. The molecule has 1 heterocycles. The molecule has 1 aromatic carbocycles. The molecule has 0 fully saturated rings. The van der Waals surface area contributed by atoms with Gasteiger partial charge in [-0.2, -0.15) is 0 Å². The summed E-state index contributed by atoms with van der Waals surface area (Å²) in [6, 6.07) is 9.99. The lowest BCUT2D eigenvalue weighted by atomic mass is 10.0. The van der Waals surface area contributed by atoms with Crippen molar-refractivity contribution in [1.82, 2.24) is 0 Å². The van der Waals surface area contributed by atoms with Crippen LogP contribution < -0.4 is 0 Å². The summed E-state index contributed by atoms with van der Waals surface area (Å²) in [5.74, 6) is -0.334. The smallest absolute Gasteiger partial charge is 0.350 e. The fraction of sp³-hybridized carbons (Fsp3) is 0.385. The first-order valence-corrected chi connectivity index (χ1v) is 5.71. The quantitative estimate of drug-likeness (QED) is 0.747. The van der Waals surface area contributed by atoms with E-state index in [0.29, 0.717) is 13.0 Å². The summed E-state index contributed by atoms with van der Waals surface area (Å²) in [4.78, 5) is 16.5. The number of benzene rings is 1. The van der Waals surface area contributed by atoms with E-state index in [-0.39, 0.29) is 5.97 Å². The zero-order valence-electron chi connectivity index (χ0n) is 9.76. The molecule has 17 heavy (non-hydrogen) atoms. The summed E-state index contributed by atoms with van der Waals surface area (Å²) < 4.78 is 4.89. The van der Waals surface area contributed by atoms with Crippen LogP contribution in [0.1, 0.15) is 18.9 Å². The molecular formula is C13H15NO3. The monoisotopic (exact) mass is 233 g/mol. The van der Waals surface area contributed by atoms with E-state index < -0.39 is 6.10 Å². The van der Waals surface area contributed by atoms with E-state index in [0.717, 1.165) is 12.1 Å².